The van der Waals surface area contributed by atoms with Crippen molar-refractivity contribution in [3.63, 3.8) is 0 Å². The van der Waals surface area contributed by atoms with Gasteiger partial charge in [0.15, 0.2) is 0 Å². The van der Waals surface area contributed by atoms with E-state index in [2.05, 4.69) is 46.7 Å². The van der Waals surface area contributed by atoms with Crippen molar-refractivity contribution in [3.05, 3.63) is 35.9 Å². The van der Waals surface area contributed by atoms with Gasteiger partial charge in [0.25, 0.3) is 0 Å². The van der Waals surface area contributed by atoms with E-state index in [0.717, 1.165) is 52.0 Å². The highest BCUT2D eigenvalue weighted by molar-refractivity contribution is 5.75. The molecule has 1 aromatic carbocycles. The molecular weight excluding hydrogens is 368 g/mol. The third-order valence-electron chi connectivity index (χ3n) is 6.77. The minimum Gasteiger partial charge on any atom is -0.378 e. The molecule has 3 fully saturated rings. The van der Waals surface area contributed by atoms with E-state index in [1.54, 1.807) is 0 Å². The summed E-state index contributed by atoms with van der Waals surface area (Å²) in [4.78, 5) is 17.4. The molecule has 1 atom stereocenters. The van der Waals surface area contributed by atoms with Crippen molar-refractivity contribution in [3.8, 4) is 0 Å². The van der Waals surface area contributed by atoms with Crippen molar-refractivity contribution in [2.45, 2.75) is 37.5 Å². The van der Waals surface area contributed by atoms with Gasteiger partial charge < -0.3 is 25.0 Å². The molecule has 0 spiro atoms. The molecule has 3 aliphatic heterocycles. The number of carbonyl (C=O) groups is 1. The molecule has 1 aromatic rings. The average Bonchev–Trinajstić information content (AvgIpc) is 2.81. The maximum Gasteiger partial charge on any atom is 0.318 e. The predicted molar refractivity (Wildman–Crippen MR) is 112 cm³/mol. The number of hydrogen-bond donors (Lipinski definition) is 2. The van der Waals surface area contributed by atoms with Crippen LogP contribution in [0.1, 0.15) is 31.7 Å². The fourth-order valence-electron chi connectivity index (χ4n) is 4.89. The largest absolute Gasteiger partial charge is 0.378 e. The molecule has 3 heterocycles. The van der Waals surface area contributed by atoms with Gasteiger partial charge in [-0.1, -0.05) is 37.3 Å². The van der Waals surface area contributed by atoms with Crippen LogP contribution in [0.4, 0.5) is 4.79 Å². The van der Waals surface area contributed by atoms with Gasteiger partial charge in [0, 0.05) is 39.3 Å². The molecule has 0 aromatic heterocycles. The van der Waals surface area contributed by atoms with Crippen LogP contribution in [0.2, 0.25) is 0 Å². The van der Waals surface area contributed by atoms with Crippen molar-refractivity contribution in [1.82, 2.24) is 20.4 Å². The van der Waals surface area contributed by atoms with Crippen LogP contribution >= 0.6 is 0 Å². The van der Waals surface area contributed by atoms with Crippen LogP contribution in [0.15, 0.2) is 30.3 Å². The number of nitrogens with one attached hydrogen (secondary N) is 2. The van der Waals surface area contributed by atoms with Crippen molar-refractivity contribution in [2.75, 3.05) is 59.1 Å². The molecule has 2 amide bonds. The topological polar surface area (TPSA) is 66.1 Å². The third kappa shape index (κ3) is 4.28. The molecule has 7 heteroatoms. The third-order valence-corrected chi connectivity index (χ3v) is 6.77. The summed E-state index contributed by atoms with van der Waals surface area (Å²) in [5, 5.41) is 6.92. The zero-order valence-electron chi connectivity index (χ0n) is 17.5. The van der Waals surface area contributed by atoms with Gasteiger partial charge >= 0.3 is 6.03 Å². The van der Waals surface area contributed by atoms with E-state index < -0.39 is 0 Å². The van der Waals surface area contributed by atoms with Gasteiger partial charge in [0.2, 0.25) is 0 Å². The summed E-state index contributed by atoms with van der Waals surface area (Å²) in [6.07, 6.45) is 2.70. The van der Waals surface area contributed by atoms with E-state index in [1.165, 1.54) is 5.56 Å². The number of morpholine rings is 2. The monoisotopic (exact) mass is 402 g/mol. The summed E-state index contributed by atoms with van der Waals surface area (Å²) in [7, 11) is 0. The minimum atomic E-state index is -0.343. The Morgan fingerprint density at radius 1 is 1.10 bits per heavy atom. The number of hydrogen-bond acceptors (Lipinski definition) is 5. The van der Waals surface area contributed by atoms with Crippen LogP contribution in [-0.2, 0) is 15.0 Å². The smallest absolute Gasteiger partial charge is 0.318 e. The molecule has 3 saturated heterocycles. The summed E-state index contributed by atoms with van der Waals surface area (Å²) in [5.41, 5.74) is 0.619. The number of piperidine rings is 1. The highest BCUT2D eigenvalue weighted by Crippen LogP contribution is 2.37. The van der Waals surface area contributed by atoms with Crippen LogP contribution < -0.4 is 10.6 Å². The summed E-state index contributed by atoms with van der Waals surface area (Å²) >= 11 is 0. The number of urea groups is 1. The number of carbonyl (C=O) groups excluding carboxylic acids is 1. The molecule has 0 radical (unpaired) electrons. The van der Waals surface area contributed by atoms with Crippen LogP contribution in [0.5, 0.6) is 0 Å². The quantitative estimate of drug-likeness (QED) is 0.803. The number of benzene rings is 1. The van der Waals surface area contributed by atoms with Crippen molar-refractivity contribution < 1.29 is 14.3 Å². The first-order chi connectivity index (χ1) is 14.2. The maximum absolute atomic E-state index is 13.1. The number of amides is 2. The van der Waals surface area contributed by atoms with Crippen LogP contribution in [0.25, 0.3) is 0 Å². The normalized spacial score (nSPS) is 28.1. The first kappa shape index (κ1) is 20.6. The Balaban J connectivity index is 1.51. The molecule has 29 heavy (non-hydrogen) atoms. The molecular formula is C22H34N4O3. The Kier molecular flexibility index (Phi) is 6.39. The minimum absolute atomic E-state index is 0.0198. The second-order valence-corrected chi connectivity index (χ2v) is 8.29. The van der Waals surface area contributed by atoms with Crippen molar-refractivity contribution in [1.29, 1.82) is 0 Å². The molecule has 160 valence electrons. The lowest BCUT2D eigenvalue weighted by Crippen LogP contribution is -2.65. The van der Waals surface area contributed by atoms with E-state index in [0.29, 0.717) is 26.3 Å². The van der Waals surface area contributed by atoms with Gasteiger partial charge in [0.1, 0.15) is 5.72 Å². The van der Waals surface area contributed by atoms with Gasteiger partial charge in [-0.2, -0.15) is 0 Å². The van der Waals surface area contributed by atoms with Gasteiger partial charge in [-0.05, 0) is 24.8 Å². The summed E-state index contributed by atoms with van der Waals surface area (Å²) in [6.45, 7) is 9.06. The first-order valence-electron chi connectivity index (χ1n) is 11.0. The zero-order chi connectivity index (χ0) is 20.2. The van der Waals surface area contributed by atoms with Crippen molar-refractivity contribution >= 4 is 6.03 Å². The molecule has 0 bridgehead atoms. The number of likely N-dealkylation sites (tertiary alicyclic amines) is 1. The van der Waals surface area contributed by atoms with Gasteiger partial charge in [0.05, 0.1) is 25.4 Å². The predicted octanol–water partition coefficient (Wildman–Crippen LogP) is 1.75. The van der Waals surface area contributed by atoms with Crippen molar-refractivity contribution in [2.24, 2.45) is 0 Å². The number of rotatable bonds is 4. The van der Waals surface area contributed by atoms with Gasteiger partial charge in [-0.15, -0.1) is 0 Å². The highest BCUT2D eigenvalue weighted by atomic mass is 16.5. The standard InChI is InChI=1S/C22H34N4O3/c1-2-22(18-23-10-15-29-22)26-11-8-21(9-12-26,19-6-4-3-5-7-19)24-20(27)25-13-16-28-17-14-25/h3-7,23H,2,8-18H2,1H3,(H,24,27). The van der Waals surface area contributed by atoms with Crippen LogP contribution in [0.3, 0.4) is 0 Å². The molecule has 3 aliphatic rings. The maximum atomic E-state index is 13.1. The lowest BCUT2D eigenvalue weighted by Gasteiger charge is -2.51. The lowest BCUT2D eigenvalue weighted by atomic mass is 9.80. The molecule has 0 saturated carbocycles. The number of nitrogens with zero attached hydrogens (tertiary/aromatic N) is 2. The molecule has 2 N–H and O–H groups in total. The lowest BCUT2D eigenvalue weighted by molar-refractivity contribution is -0.181. The van der Waals surface area contributed by atoms with E-state index in [9.17, 15) is 4.79 Å². The average molecular weight is 403 g/mol. The highest BCUT2D eigenvalue weighted by Gasteiger charge is 2.45. The Hall–Kier alpha value is -1.67. The van der Waals surface area contributed by atoms with Crippen LogP contribution in [0, 0.1) is 0 Å². The Morgan fingerprint density at radius 3 is 2.45 bits per heavy atom. The fraction of sp³-hybridized carbons (Fsp3) is 0.682. The number of ether oxygens (including phenoxy) is 2. The second kappa shape index (κ2) is 9.00. The fourth-order valence-corrected chi connectivity index (χ4v) is 4.89. The molecule has 4 rings (SSSR count). The van der Waals surface area contributed by atoms with Gasteiger partial charge in [-0.25, -0.2) is 4.79 Å². The van der Waals surface area contributed by atoms with E-state index in [4.69, 9.17) is 9.47 Å². The Morgan fingerprint density at radius 2 is 1.83 bits per heavy atom. The summed E-state index contributed by atoms with van der Waals surface area (Å²) in [6, 6.07) is 10.5. The van der Waals surface area contributed by atoms with E-state index >= 15 is 0 Å². The Bertz CT molecular complexity index is 664. The van der Waals surface area contributed by atoms with E-state index in [-0.39, 0.29) is 17.3 Å². The SMILES string of the molecule is CCC1(N2CCC(NC(=O)N3CCOCC3)(c3ccccc3)CC2)CNCCO1. The molecule has 0 aliphatic carbocycles. The molecule has 7 nitrogen and oxygen atoms in total. The first-order valence-corrected chi connectivity index (χ1v) is 11.0. The van der Waals surface area contributed by atoms with Crippen LogP contribution in [-0.4, -0.2) is 80.6 Å². The summed E-state index contributed by atoms with van der Waals surface area (Å²) < 4.78 is 11.7. The zero-order valence-corrected chi connectivity index (χ0v) is 17.5. The second-order valence-electron chi connectivity index (χ2n) is 8.29. The van der Waals surface area contributed by atoms with Gasteiger partial charge in [-0.3, -0.25) is 4.90 Å². The Labute approximate surface area is 173 Å². The van der Waals surface area contributed by atoms with E-state index in [1.807, 2.05) is 11.0 Å². The molecule has 1 unspecified atom stereocenters. The summed E-state index contributed by atoms with van der Waals surface area (Å²) in [5.74, 6) is 0.